The van der Waals surface area contributed by atoms with E-state index in [4.69, 9.17) is 9.84 Å². The van der Waals surface area contributed by atoms with Crippen molar-refractivity contribution in [3.63, 3.8) is 0 Å². The topological polar surface area (TPSA) is 76.5 Å². The van der Waals surface area contributed by atoms with Crippen LogP contribution in [0, 0.1) is 5.41 Å². The average molecular weight is 327 g/mol. The summed E-state index contributed by atoms with van der Waals surface area (Å²) in [5.41, 5.74) is 1.36. The van der Waals surface area contributed by atoms with Crippen LogP contribution in [-0.2, 0) is 14.3 Å². The molecule has 1 heterocycles. The number of fused-ring (bicyclic) bond motifs is 1. The van der Waals surface area contributed by atoms with Gasteiger partial charge >= 0.3 is 11.9 Å². The van der Waals surface area contributed by atoms with Gasteiger partial charge in [-0.1, -0.05) is 30.4 Å². The van der Waals surface area contributed by atoms with E-state index in [2.05, 4.69) is 4.98 Å². The van der Waals surface area contributed by atoms with Crippen LogP contribution in [-0.4, -0.2) is 22.0 Å². The minimum atomic E-state index is -0.936. The largest absolute Gasteiger partial charge is 0.481 e. The lowest BCUT2D eigenvalue weighted by Crippen LogP contribution is -2.20. The Balaban J connectivity index is 2.33. The number of carbonyl (C=O) groups is 2. The van der Waals surface area contributed by atoms with E-state index in [0.29, 0.717) is 5.69 Å². The van der Waals surface area contributed by atoms with Gasteiger partial charge in [-0.15, -0.1) is 0 Å². The maximum absolute atomic E-state index is 11.2. The summed E-state index contributed by atoms with van der Waals surface area (Å²) in [6.45, 7) is 6.42. The number of carbonyl (C=O) groups excluding carboxylic acids is 1. The number of esters is 1. The van der Waals surface area contributed by atoms with Crippen molar-refractivity contribution < 1.29 is 19.4 Å². The Kier molecular flexibility index (Phi) is 5.02. The van der Waals surface area contributed by atoms with Crippen molar-refractivity contribution in [1.82, 2.24) is 4.98 Å². The highest BCUT2D eigenvalue weighted by Crippen LogP contribution is 2.23. The van der Waals surface area contributed by atoms with Gasteiger partial charge in [0.2, 0.25) is 0 Å². The molecule has 0 spiro atoms. The lowest BCUT2D eigenvalue weighted by molar-refractivity contribution is -0.146. The smallest absolute Gasteiger partial charge is 0.312 e. The minimum absolute atomic E-state index is 0.350. The summed E-state index contributed by atoms with van der Waals surface area (Å²) >= 11 is 0. The maximum atomic E-state index is 11.2. The van der Waals surface area contributed by atoms with Crippen LogP contribution in [0.25, 0.3) is 17.0 Å². The molecule has 0 aliphatic carbocycles. The Morgan fingerprint density at radius 2 is 1.92 bits per heavy atom. The third kappa shape index (κ3) is 4.19. The second-order valence-corrected chi connectivity index (χ2v) is 6.30. The number of benzene rings is 1. The van der Waals surface area contributed by atoms with E-state index in [1.807, 2.05) is 30.3 Å². The number of rotatable bonds is 5. The minimum Gasteiger partial charge on any atom is -0.481 e. The standard InChI is InChI=1S/C19H21NO4/c1-12(24-13(2)21)16-8-7-15-6-5-14(11-17(15)20-16)9-10-19(3,4)18(22)23/h5-12H,1-4H3,(H,22,23)/b10-9+. The quantitative estimate of drug-likeness (QED) is 0.841. The predicted octanol–water partition coefficient (Wildman–Crippen LogP) is 3.98. The molecule has 0 radical (unpaired) electrons. The van der Waals surface area contributed by atoms with Crippen LogP contribution < -0.4 is 0 Å². The van der Waals surface area contributed by atoms with Crippen molar-refractivity contribution >= 4 is 28.9 Å². The Morgan fingerprint density at radius 3 is 2.54 bits per heavy atom. The molecule has 0 bridgehead atoms. The second-order valence-electron chi connectivity index (χ2n) is 6.30. The first kappa shape index (κ1) is 17.7. The summed E-state index contributed by atoms with van der Waals surface area (Å²) in [7, 11) is 0. The molecule has 1 aromatic carbocycles. The van der Waals surface area contributed by atoms with Crippen molar-refractivity contribution in [1.29, 1.82) is 0 Å². The number of pyridine rings is 1. The normalized spacial score (nSPS) is 13.2. The van der Waals surface area contributed by atoms with E-state index < -0.39 is 17.5 Å². The van der Waals surface area contributed by atoms with Crippen LogP contribution in [0.1, 0.15) is 45.1 Å². The summed E-state index contributed by atoms with van der Waals surface area (Å²) in [6, 6.07) is 9.47. The van der Waals surface area contributed by atoms with Gasteiger partial charge in [0.15, 0.2) is 0 Å². The summed E-state index contributed by atoms with van der Waals surface area (Å²) in [5.74, 6) is -1.23. The van der Waals surface area contributed by atoms with Gasteiger partial charge in [0.25, 0.3) is 0 Å². The van der Waals surface area contributed by atoms with Crippen LogP contribution in [0.2, 0.25) is 0 Å². The van der Waals surface area contributed by atoms with Crippen molar-refractivity contribution in [2.24, 2.45) is 5.41 Å². The van der Waals surface area contributed by atoms with Crippen molar-refractivity contribution in [3.05, 3.63) is 47.7 Å². The van der Waals surface area contributed by atoms with Gasteiger partial charge in [0.05, 0.1) is 16.6 Å². The number of hydrogen-bond donors (Lipinski definition) is 1. The molecule has 5 nitrogen and oxygen atoms in total. The van der Waals surface area contributed by atoms with Crippen molar-refractivity contribution in [2.45, 2.75) is 33.8 Å². The van der Waals surface area contributed by atoms with Crippen molar-refractivity contribution in [2.75, 3.05) is 0 Å². The molecule has 5 heteroatoms. The first-order valence-electron chi connectivity index (χ1n) is 7.69. The maximum Gasteiger partial charge on any atom is 0.312 e. The van der Waals surface area contributed by atoms with Crippen LogP contribution >= 0.6 is 0 Å². The zero-order valence-corrected chi connectivity index (χ0v) is 14.2. The number of carboxylic acids is 1. The number of nitrogens with zero attached hydrogens (tertiary/aromatic N) is 1. The Hall–Kier alpha value is -2.69. The number of aliphatic carboxylic acids is 1. The number of carboxylic acid groups (broad SMARTS) is 1. The van der Waals surface area contributed by atoms with E-state index >= 15 is 0 Å². The third-order valence-corrected chi connectivity index (χ3v) is 3.74. The van der Waals surface area contributed by atoms with E-state index in [1.165, 1.54) is 6.92 Å². The number of aromatic nitrogens is 1. The molecule has 0 amide bonds. The molecule has 126 valence electrons. The molecule has 0 saturated carbocycles. The van der Waals surface area contributed by atoms with Gasteiger partial charge in [-0.2, -0.15) is 0 Å². The fourth-order valence-electron chi connectivity index (χ4n) is 2.17. The Labute approximate surface area is 141 Å². The molecule has 0 saturated heterocycles. The zero-order chi connectivity index (χ0) is 17.9. The lowest BCUT2D eigenvalue weighted by Gasteiger charge is -2.13. The van der Waals surface area contributed by atoms with Crippen LogP contribution in [0.5, 0.6) is 0 Å². The molecule has 0 fully saturated rings. The van der Waals surface area contributed by atoms with E-state index in [-0.39, 0.29) is 5.97 Å². The van der Waals surface area contributed by atoms with E-state index in [9.17, 15) is 9.59 Å². The number of ether oxygens (including phenoxy) is 1. The lowest BCUT2D eigenvalue weighted by atomic mass is 9.92. The highest BCUT2D eigenvalue weighted by Gasteiger charge is 2.23. The van der Waals surface area contributed by atoms with Gasteiger partial charge in [0.1, 0.15) is 6.10 Å². The summed E-state index contributed by atoms with van der Waals surface area (Å²) in [6.07, 6.45) is 3.01. The molecule has 1 N–H and O–H groups in total. The summed E-state index contributed by atoms with van der Waals surface area (Å²) < 4.78 is 5.15. The molecular formula is C19H21NO4. The molecule has 1 aromatic heterocycles. The number of hydrogen-bond acceptors (Lipinski definition) is 4. The molecule has 0 aliphatic heterocycles. The van der Waals surface area contributed by atoms with Gasteiger partial charge in [-0.25, -0.2) is 4.98 Å². The van der Waals surface area contributed by atoms with Gasteiger partial charge in [-0.05, 0) is 38.5 Å². The Bertz CT molecular complexity index is 808. The van der Waals surface area contributed by atoms with Gasteiger partial charge < -0.3 is 9.84 Å². The molecule has 1 atom stereocenters. The zero-order valence-electron chi connectivity index (χ0n) is 14.2. The van der Waals surface area contributed by atoms with Crippen molar-refractivity contribution in [3.8, 4) is 0 Å². The highest BCUT2D eigenvalue weighted by atomic mass is 16.5. The summed E-state index contributed by atoms with van der Waals surface area (Å²) in [5, 5.41) is 10.1. The molecular weight excluding hydrogens is 306 g/mol. The van der Waals surface area contributed by atoms with Crippen LogP contribution in [0.3, 0.4) is 0 Å². The van der Waals surface area contributed by atoms with Crippen LogP contribution in [0.15, 0.2) is 36.4 Å². The van der Waals surface area contributed by atoms with Gasteiger partial charge in [0, 0.05) is 12.3 Å². The van der Waals surface area contributed by atoms with Gasteiger partial charge in [-0.3, -0.25) is 9.59 Å². The fourth-order valence-corrected chi connectivity index (χ4v) is 2.17. The molecule has 1 unspecified atom stereocenters. The molecule has 24 heavy (non-hydrogen) atoms. The molecule has 2 rings (SSSR count). The monoisotopic (exact) mass is 327 g/mol. The average Bonchev–Trinajstić information content (AvgIpc) is 2.51. The SMILES string of the molecule is CC(=O)OC(C)c1ccc2ccc(/C=C/C(C)(C)C(=O)O)cc2n1. The molecule has 2 aromatic rings. The second kappa shape index (κ2) is 6.83. The third-order valence-electron chi connectivity index (χ3n) is 3.74. The Morgan fingerprint density at radius 1 is 1.25 bits per heavy atom. The molecule has 0 aliphatic rings. The highest BCUT2D eigenvalue weighted by molar-refractivity contribution is 5.82. The van der Waals surface area contributed by atoms with E-state index in [1.54, 1.807) is 32.9 Å². The first-order valence-corrected chi connectivity index (χ1v) is 7.69. The van der Waals surface area contributed by atoms with E-state index in [0.717, 1.165) is 16.5 Å². The predicted molar refractivity (Wildman–Crippen MR) is 92.4 cm³/mol. The fraction of sp³-hybridized carbons (Fsp3) is 0.316. The first-order chi connectivity index (χ1) is 11.2. The summed E-state index contributed by atoms with van der Waals surface area (Å²) in [4.78, 5) is 26.8. The van der Waals surface area contributed by atoms with Crippen LogP contribution in [0.4, 0.5) is 0 Å².